The van der Waals surface area contributed by atoms with Gasteiger partial charge in [0.25, 0.3) is 11.5 Å². The van der Waals surface area contributed by atoms with Crippen molar-refractivity contribution in [3.05, 3.63) is 40.4 Å². The second-order valence-electron chi connectivity index (χ2n) is 5.80. The Morgan fingerprint density at radius 3 is 2.87 bits per heavy atom. The molecule has 2 heterocycles. The molecule has 0 radical (unpaired) electrons. The summed E-state index contributed by atoms with van der Waals surface area (Å²) in [6.07, 6.45) is 1.67. The molecule has 1 amide bonds. The van der Waals surface area contributed by atoms with Crippen LogP contribution in [0.2, 0.25) is 0 Å². The lowest BCUT2D eigenvalue weighted by Crippen LogP contribution is -2.40. The summed E-state index contributed by atoms with van der Waals surface area (Å²) in [5.41, 5.74) is 0.123. The van der Waals surface area contributed by atoms with E-state index in [-0.39, 0.29) is 17.9 Å². The maximum Gasteiger partial charge on any atom is 0.287 e. The SMILES string of the molecule is O=C(NCC(O)CN1CCCC1)c1nc2ccccc2c(=O)[nH]1. The monoisotopic (exact) mass is 316 g/mol. The van der Waals surface area contributed by atoms with Gasteiger partial charge in [0.05, 0.1) is 17.0 Å². The molecular weight excluding hydrogens is 296 g/mol. The highest BCUT2D eigenvalue weighted by Gasteiger charge is 2.17. The maximum absolute atomic E-state index is 12.1. The van der Waals surface area contributed by atoms with Crippen LogP contribution in [0.15, 0.2) is 29.1 Å². The van der Waals surface area contributed by atoms with Gasteiger partial charge in [0.1, 0.15) is 0 Å². The summed E-state index contributed by atoms with van der Waals surface area (Å²) < 4.78 is 0. The Morgan fingerprint density at radius 1 is 1.35 bits per heavy atom. The first-order valence-corrected chi connectivity index (χ1v) is 7.81. The van der Waals surface area contributed by atoms with Crippen molar-refractivity contribution < 1.29 is 9.90 Å². The van der Waals surface area contributed by atoms with Crippen molar-refractivity contribution in [3.63, 3.8) is 0 Å². The van der Waals surface area contributed by atoms with Crippen LogP contribution in [0, 0.1) is 0 Å². The molecule has 3 rings (SSSR count). The molecule has 0 aliphatic carbocycles. The minimum atomic E-state index is -0.635. The molecular formula is C16H20N4O3. The number of fused-ring (bicyclic) bond motifs is 1. The summed E-state index contributed by atoms with van der Waals surface area (Å²) in [5.74, 6) is -0.532. The Morgan fingerprint density at radius 2 is 2.09 bits per heavy atom. The van der Waals surface area contributed by atoms with Crippen molar-refractivity contribution in [2.24, 2.45) is 0 Å². The third kappa shape index (κ3) is 3.75. The van der Waals surface area contributed by atoms with Crippen LogP contribution in [0.4, 0.5) is 0 Å². The van der Waals surface area contributed by atoms with E-state index in [4.69, 9.17) is 0 Å². The molecule has 1 atom stereocenters. The highest BCUT2D eigenvalue weighted by Crippen LogP contribution is 2.08. The summed E-state index contributed by atoms with van der Waals surface area (Å²) in [6.45, 7) is 2.66. The van der Waals surface area contributed by atoms with E-state index in [1.54, 1.807) is 24.3 Å². The molecule has 1 aliphatic rings. The normalized spacial score (nSPS) is 16.6. The fourth-order valence-electron chi connectivity index (χ4n) is 2.82. The molecule has 7 heteroatoms. The van der Waals surface area contributed by atoms with Crippen molar-refractivity contribution in [2.45, 2.75) is 18.9 Å². The van der Waals surface area contributed by atoms with Gasteiger partial charge in [-0.1, -0.05) is 12.1 Å². The number of rotatable bonds is 5. The third-order valence-electron chi connectivity index (χ3n) is 3.99. The van der Waals surface area contributed by atoms with E-state index in [0.717, 1.165) is 25.9 Å². The molecule has 3 N–H and O–H groups in total. The van der Waals surface area contributed by atoms with Gasteiger partial charge in [-0.15, -0.1) is 0 Å². The number of hydrogen-bond acceptors (Lipinski definition) is 5. The van der Waals surface area contributed by atoms with E-state index in [1.165, 1.54) is 0 Å². The average molecular weight is 316 g/mol. The van der Waals surface area contributed by atoms with E-state index in [1.807, 2.05) is 0 Å². The fourth-order valence-corrected chi connectivity index (χ4v) is 2.82. The molecule has 1 aliphatic heterocycles. The van der Waals surface area contributed by atoms with E-state index in [2.05, 4.69) is 20.2 Å². The Balaban J connectivity index is 1.62. The van der Waals surface area contributed by atoms with E-state index in [9.17, 15) is 14.7 Å². The molecule has 1 aromatic heterocycles. The molecule has 0 saturated carbocycles. The van der Waals surface area contributed by atoms with Gasteiger partial charge >= 0.3 is 0 Å². The second-order valence-corrected chi connectivity index (χ2v) is 5.80. The van der Waals surface area contributed by atoms with E-state index < -0.39 is 12.0 Å². The number of amides is 1. The molecule has 1 saturated heterocycles. The van der Waals surface area contributed by atoms with Crippen LogP contribution >= 0.6 is 0 Å². The topological polar surface area (TPSA) is 98.3 Å². The molecule has 122 valence electrons. The number of aliphatic hydroxyl groups is 1. The van der Waals surface area contributed by atoms with Crippen LogP contribution < -0.4 is 10.9 Å². The number of aromatic amines is 1. The Labute approximate surface area is 133 Å². The standard InChI is InChI=1S/C16H20N4O3/c21-11(10-20-7-3-4-8-20)9-17-16(23)14-18-13-6-2-1-5-12(13)15(22)19-14/h1-2,5-6,11,21H,3-4,7-10H2,(H,17,23)(H,18,19,22). The number of carbonyl (C=O) groups is 1. The van der Waals surface area contributed by atoms with Gasteiger partial charge in [0, 0.05) is 13.1 Å². The van der Waals surface area contributed by atoms with Gasteiger partial charge in [-0.25, -0.2) is 4.98 Å². The summed E-state index contributed by atoms with van der Waals surface area (Å²) in [6, 6.07) is 6.84. The lowest BCUT2D eigenvalue weighted by molar-refractivity contribution is 0.0870. The largest absolute Gasteiger partial charge is 0.390 e. The number of likely N-dealkylation sites (tertiary alicyclic amines) is 1. The Bertz CT molecular complexity index is 752. The van der Waals surface area contributed by atoms with Gasteiger partial charge in [-0.3, -0.25) is 9.59 Å². The molecule has 23 heavy (non-hydrogen) atoms. The van der Waals surface area contributed by atoms with Gasteiger partial charge < -0.3 is 20.3 Å². The number of aliphatic hydroxyl groups excluding tert-OH is 1. The number of H-pyrrole nitrogens is 1. The number of aromatic nitrogens is 2. The number of carbonyl (C=O) groups excluding carboxylic acids is 1. The first-order chi connectivity index (χ1) is 11.1. The number of nitrogens with one attached hydrogen (secondary N) is 2. The predicted octanol–water partition coefficient (Wildman–Crippen LogP) is 0.110. The van der Waals surface area contributed by atoms with E-state index >= 15 is 0 Å². The number of nitrogens with zero attached hydrogens (tertiary/aromatic N) is 2. The number of benzene rings is 1. The smallest absolute Gasteiger partial charge is 0.287 e. The van der Waals surface area contributed by atoms with Crippen LogP contribution in [0.25, 0.3) is 10.9 Å². The van der Waals surface area contributed by atoms with Crippen molar-refractivity contribution >= 4 is 16.8 Å². The van der Waals surface area contributed by atoms with Crippen molar-refractivity contribution in [3.8, 4) is 0 Å². The molecule has 0 spiro atoms. The van der Waals surface area contributed by atoms with Crippen LogP contribution in [0.5, 0.6) is 0 Å². The lowest BCUT2D eigenvalue weighted by Gasteiger charge is -2.19. The third-order valence-corrected chi connectivity index (χ3v) is 3.99. The van der Waals surface area contributed by atoms with Crippen molar-refractivity contribution in [2.75, 3.05) is 26.2 Å². The van der Waals surface area contributed by atoms with Crippen LogP contribution in [-0.2, 0) is 0 Å². The molecule has 1 aromatic carbocycles. The van der Waals surface area contributed by atoms with Crippen molar-refractivity contribution in [1.82, 2.24) is 20.2 Å². The zero-order chi connectivity index (χ0) is 16.2. The molecule has 7 nitrogen and oxygen atoms in total. The highest BCUT2D eigenvalue weighted by molar-refractivity contribution is 5.92. The second kappa shape index (κ2) is 6.89. The highest BCUT2D eigenvalue weighted by atomic mass is 16.3. The molecule has 1 unspecified atom stereocenters. The zero-order valence-corrected chi connectivity index (χ0v) is 12.8. The first-order valence-electron chi connectivity index (χ1n) is 7.81. The number of hydrogen-bond donors (Lipinski definition) is 3. The van der Waals surface area contributed by atoms with Crippen LogP contribution in [0.3, 0.4) is 0 Å². The summed E-state index contributed by atoms with van der Waals surface area (Å²) in [7, 11) is 0. The number of para-hydroxylation sites is 1. The molecule has 2 aromatic rings. The maximum atomic E-state index is 12.1. The number of β-amino-alcohol motifs (C(OH)–C–C–N with tert-alkyl or cyclic N) is 1. The fraction of sp³-hybridized carbons (Fsp3) is 0.438. The van der Waals surface area contributed by atoms with Gasteiger partial charge in [-0.05, 0) is 38.1 Å². The lowest BCUT2D eigenvalue weighted by atomic mass is 10.2. The summed E-state index contributed by atoms with van der Waals surface area (Å²) >= 11 is 0. The minimum Gasteiger partial charge on any atom is -0.390 e. The van der Waals surface area contributed by atoms with E-state index in [0.29, 0.717) is 17.4 Å². The average Bonchev–Trinajstić information content (AvgIpc) is 3.05. The molecule has 0 bridgehead atoms. The Hall–Kier alpha value is -2.25. The predicted molar refractivity (Wildman–Crippen MR) is 86.4 cm³/mol. The summed E-state index contributed by atoms with van der Waals surface area (Å²) in [5, 5.41) is 13.0. The van der Waals surface area contributed by atoms with Crippen LogP contribution in [0.1, 0.15) is 23.5 Å². The summed E-state index contributed by atoms with van der Waals surface area (Å²) in [4.78, 5) is 32.9. The first kappa shape index (κ1) is 15.6. The quantitative estimate of drug-likeness (QED) is 0.727. The van der Waals surface area contributed by atoms with Gasteiger partial charge in [0.2, 0.25) is 0 Å². The van der Waals surface area contributed by atoms with Crippen LogP contribution in [-0.4, -0.2) is 58.2 Å². The minimum absolute atomic E-state index is 0.0397. The van der Waals surface area contributed by atoms with Gasteiger partial charge in [0.15, 0.2) is 5.82 Å². The van der Waals surface area contributed by atoms with Crippen molar-refractivity contribution in [1.29, 1.82) is 0 Å². The zero-order valence-electron chi connectivity index (χ0n) is 12.8. The van der Waals surface area contributed by atoms with Gasteiger partial charge in [-0.2, -0.15) is 0 Å². The Kier molecular flexibility index (Phi) is 4.68. The molecule has 1 fully saturated rings.